The molecule has 2 rings (SSSR count). The number of benzene rings is 1. The predicted octanol–water partition coefficient (Wildman–Crippen LogP) is 4.35. The van der Waals surface area contributed by atoms with Crippen molar-refractivity contribution < 1.29 is 9.53 Å². The molecule has 0 atom stereocenters. The van der Waals surface area contributed by atoms with E-state index in [9.17, 15) is 10.1 Å². The lowest BCUT2D eigenvalue weighted by Crippen LogP contribution is -2.50. The Bertz CT molecular complexity index is 742. The molecule has 0 unspecified atom stereocenters. The average Bonchev–Trinajstić information content (AvgIpc) is 2.54. The van der Waals surface area contributed by atoms with Crippen molar-refractivity contribution in [1.29, 1.82) is 5.26 Å². The molecule has 1 fully saturated rings. The molecular weight excluding hydrogens is 326 g/mol. The van der Waals surface area contributed by atoms with Crippen LogP contribution in [-0.2, 0) is 4.74 Å². The van der Waals surface area contributed by atoms with Crippen molar-refractivity contribution in [3.63, 3.8) is 0 Å². The Balaban J connectivity index is 2.17. The summed E-state index contributed by atoms with van der Waals surface area (Å²) in [5.41, 5.74) is 4.58. The van der Waals surface area contributed by atoms with E-state index >= 15 is 0 Å². The summed E-state index contributed by atoms with van der Waals surface area (Å²) in [6, 6.07) is 6.35. The van der Waals surface area contributed by atoms with Crippen molar-refractivity contribution in [2.45, 2.75) is 47.1 Å². The highest BCUT2D eigenvalue weighted by Crippen LogP contribution is 2.27. The lowest BCUT2D eigenvalue weighted by molar-refractivity contribution is 0.0240. The number of hydrogen-bond acceptors (Lipinski definition) is 4. The fourth-order valence-electron chi connectivity index (χ4n) is 2.99. The number of nitriles is 1. The van der Waals surface area contributed by atoms with Crippen LogP contribution in [0.1, 0.15) is 51.3 Å². The van der Waals surface area contributed by atoms with E-state index in [1.165, 1.54) is 5.57 Å². The highest BCUT2D eigenvalue weighted by atomic mass is 16.6. The zero-order chi connectivity index (χ0) is 19.5. The number of ether oxygens (including phenoxy) is 1. The first kappa shape index (κ1) is 19.8. The molecule has 1 saturated heterocycles. The van der Waals surface area contributed by atoms with Crippen molar-refractivity contribution in [2.75, 3.05) is 31.1 Å². The summed E-state index contributed by atoms with van der Waals surface area (Å²) in [4.78, 5) is 16.1. The summed E-state index contributed by atoms with van der Waals surface area (Å²) < 4.78 is 5.45. The third-order valence-electron chi connectivity index (χ3n) is 4.22. The van der Waals surface area contributed by atoms with Gasteiger partial charge in [0.05, 0.1) is 11.3 Å². The molecular formula is C21H29N3O2. The number of aryl methyl sites for hydroxylation is 1. The standard InChI is InChI=1S/C21H29N3O2/c1-15(2)11-17-13-19(18(14-22)12-16(17)3)23-7-9-24(10-8-23)20(25)26-21(4,5)6/h11-13H,7-10H2,1-6H3. The Morgan fingerprint density at radius 2 is 1.81 bits per heavy atom. The molecule has 0 bridgehead atoms. The maximum absolute atomic E-state index is 12.2. The van der Waals surface area contributed by atoms with E-state index in [0.717, 1.165) is 16.8 Å². The summed E-state index contributed by atoms with van der Waals surface area (Å²) in [6.07, 6.45) is 1.86. The summed E-state index contributed by atoms with van der Waals surface area (Å²) in [7, 11) is 0. The third-order valence-corrected chi connectivity index (χ3v) is 4.22. The monoisotopic (exact) mass is 355 g/mol. The van der Waals surface area contributed by atoms with Gasteiger partial charge in [0.25, 0.3) is 0 Å². The van der Waals surface area contributed by atoms with E-state index in [-0.39, 0.29) is 6.09 Å². The predicted molar refractivity (Wildman–Crippen MR) is 105 cm³/mol. The highest BCUT2D eigenvalue weighted by Gasteiger charge is 2.26. The Kier molecular flexibility index (Phi) is 5.97. The van der Waals surface area contributed by atoms with Crippen molar-refractivity contribution in [3.8, 4) is 6.07 Å². The fraction of sp³-hybridized carbons (Fsp3) is 0.524. The number of piperazine rings is 1. The maximum Gasteiger partial charge on any atom is 0.410 e. The van der Waals surface area contributed by atoms with Gasteiger partial charge in [0.1, 0.15) is 11.7 Å². The van der Waals surface area contributed by atoms with E-state index in [0.29, 0.717) is 31.7 Å². The molecule has 1 aliphatic rings. The summed E-state index contributed by atoms with van der Waals surface area (Å²) in [5, 5.41) is 9.54. The van der Waals surface area contributed by atoms with Gasteiger partial charge in [-0.3, -0.25) is 0 Å². The molecule has 0 spiro atoms. The Morgan fingerprint density at radius 3 is 2.31 bits per heavy atom. The molecule has 0 aromatic heterocycles. The number of carbonyl (C=O) groups is 1. The van der Waals surface area contributed by atoms with Gasteiger partial charge in [0.15, 0.2) is 0 Å². The topological polar surface area (TPSA) is 56.6 Å². The zero-order valence-corrected chi connectivity index (χ0v) is 16.7. The van der Waals surface area contributed by atoms with Gasteiger partial charge in [-0.1, -0.05) is 11.6 Å². The lowest BCUT2D eigenvalue weighted by atomic mass is 10.0. The number of rotatable bonds is 2. The van der Waals surface area contributed by atoms with Gasteiger partial charge >= 0.3 is 6.09 Å². The number of carbonyl (C=O) groups excluding carboxylic acids is 1. The number of amides is 1. The first-order chi connectivity index (χ1) is 12.1. The van der Waals surface area contributed by atoms with Crippen LogP contribution in [0.5, 0.6) is 0 Å². The van der Waals surface area contributed by atoms with Crippen molar-refractivity contribution in [2.24, 2.45) is 0 Å². The van der Waals surface area contributed by atoms with Gasteiger partial charge in [-0.25, -0.2) is 4.79 Å². The quantitative estimate of drug-likeness (QED) is 0.791. The Labute approximate surface area is 156 Å². The Morgan fingerprint density at radius 1 is 1.19 bits per heavy atom. The molecule has 1 heterocycles. The summed E-state index contributed by atoms with van der Waals surface area (Å²) in [6.45, 7) is 14.3. The van der Waals surface area contributed by atoms with Crippen LogP contribution in [0.2, 0.25) is 0 Å². The zero-order valence-electron chi connectivity index (χ0n) is 16.7. The third kappa shape index (κ3) is 5.01. The van der Waals surface area contributed by atoms with Crippen LogP contribution in [0.3, 0.4) is 0 Å². The second-order valence-electron chi connectivity index (χ2n) is 8.01. The van der Waals surface area contributed by atoms with Gasteiger partial charge in [-0.05, 0) is 64.8 Å². The van der Waals surface area contributed by atoms with Gasteiger partial charge in [-0.15, -0.1) is 0 Å². The second kappa shape index (κ2) is 7.82. The van der Waals surface area contributed by atoms with E-state index in [1.54, 1.807) is 4.90 Å². The minimum absolute atomic E-state index is 0.271. The molecule has 26 heavy (non-hydrogen) atoms. The van der Waals surface area contributed by atoms with Gasteiger partial charge in [0, 0.05) is 26.2 Å². The molecule has 0 saturated carbocycles. The van der Waals surface area contributed by atoms with Crippen LogP contribution in [-0.4, -0.2) is 42.8 Å². The van der Waals surface area contributed by atoms with Crippen LogP contribution in [0.4, 0.5) is 10.5 Å². The number of anilines is 1. The van der Waals surface area contributed by atoms with E-state index in [1.807, 2.05) is 33.8 Å². The smallest absolute Gasteiger partial charge is 0.410 e. The van der Waals surface area contributed by atoms with Crippen molar-refractivity contribution in [1.82, 2.24) is 4.90 Å². The molecule has 5 nitrogen and oxygen atoms in total. The minimum atomic E-state index is -0.488. The molecule has 140 valence electrons. The molecule has 1 aliphatic heterocycles. The normalized spacial score (nSPS) is 14.7. The van der Waals surface area contributed by atoms with Crippen molar-refractivity contribution in [3.05, 3.63) is 34.4 Å². The van der Waals surface area contributed by atoms with Gasteiger partial charge < -0.3 is 14.5 Å². The Hall–Kier alpha value is -2.48. The van der Waals surface area contributed by atoms with E-state index in [2.05, 4.69) is 37.0 Å². The van der Waals surface area contributed by atoms with Crippen molar-refractivity contribution >= 4 is 17.9 Å². The van der Waals surface area contributed by atoms with Crippen LogP contribution >= 0.6 is 0 Å². The lowest BCUT2D eigenvalue weighted by Gasteiger charge is -2.37. The first-order valence-electron chi connectivity index (χ1n) is 9.03. The summed E-state index contributed by atoms with van der Waals surface area (Å²) >= 11 is 0. The molecule has 5 heteroatoms. The molecule has 0 N–H and O–H groups in total. The number of hydrogen-bond donors (Lipinski definition) is 0. The molecule has 1 aromatic rings. The van der Waals surface area contributed by atoms with E-state index in [4.69, 9.17) is 4.74 Å². The maximum atomic E-state index is 12.2. The SMILES string of the molecule is CC(C)=Cc1cc(N2CCN(C(=O)OC(C)(C)C)CC2)c(C#N)cc1C. The number of nitrogens with zero attached hydrogens (tertiary/aromatic N) is 3. The number of allylic oxidation sites excluding steroid dienone is 1. The molecule has 1 amide bonds. The first-order valence-corrected chi connectivity index (χ1v) is 9.03. The van der Waals surface area contributed by atoms with Crippen LogP contribution in [0.15, 0.2) is 17.7 Å². The molecule has 0 radical (unpaired) electrons. The second-order valence-corrected chi connectivity index (χ2v) is 8.01. The van der Waals surface area contributed by atoms with Crippen LogP contribution in [0, 0.1) is 18.3 Å². The van der Waals surface area contributed by atoms with Crippen LogP contribution in [0.25, 0.3) is 6.08 Å². The average molecular weight is 355 g/mol. The molecule has 0 aliphatic carbocycles. The van der Waals surface area contributed by atoms with Gasteiger partial charge in [0.2, 0.25) is 0 Å². The largest absolute Gasteiger partial charge is 0.444 e. The van der Waals surface area contributed by atoms with Crippen LogP contribution < -0.4 is 4.90 Å². The fourth-order valence-corrected chi connectivity index (χ4v) is 2.99. The highest BCUT2D eigenvalue weighted by molar-refractivity contribution is 5.71. The van der Waals surface area contributed by atoms with E-state index < -0.39 is 5.60 Å². The summed E-state index contributed by atoms with van der Waals surface area (Å²) in [5.74, 6) is 0. The van der Waals surface area contributed by atoms with Gasteiger partial charge in [-0.2, -0.15) is 5.26 Å². The minimum Gasteiger partial charge on any atom is -0.444 e. The molecule has 1 aromatic carbocycles.